The van der Waals surface area contributed by atoms with Crippen molar-refractivity contribution in [2.75, 3.05) is 31.1 Å². The summed E-state index contributed by atoms with van der Waals surface area (Å²) >= 11 is 0. The molecule has 37 heavy (non-hydrogen) atoms. The van der Waals surface area contributed by atoms with Crippen LogP contribution in [0, 0.1) is 0 Å². The summed E-state index contributed by atoms with van der Waals surface area (Å²) in [5.74, 6) is -0.0969. The van der Waals surface area contributed by atoms with Gasteiger partial charge in [-0.3, -0.25) is 9.78 Å². The molecule has 2 aromatic heterocycles. The summed E-state index contributed by atoms with van der Waals surface area (Å²) < 4.78 is 5.48. The number of amides is 2. The second-order valence-electron chi connectivity index (χ2n) is 10.5. The number of hydrogen-bond acceptors (Lipinski definition) is 5. The minimum atomic E-state index is -0.728. The Morgan fingerprint density at radius 1 is 1.05 bits per heavy atom. The number of piperazine rings is 1. The van der Waals surface area contributed by atoms with Gasteiger partial charge < -0.3 is 24.8 Å². The fraction of sp³-hybridized carbons (Fsp3) is 0.345. The number of carbonyl (C=O) groups excluding carboxylic acids is 2. The number of benzene rings is 2. The second-order valence-corrected chi connectivity index (χ2v) is 10.5. The van der Waals surface area contributed by atoms with Crippen LogP contribution in [0.3, 0.4) is 0 Å². The van der Waals surface area contributed by atoms with E-state index in [0.29, 0.717) is 32.6 Å². The Morgan fingerprint density at radius 3 is 2.62 bits per heavy atom. The van der Waals surface area contributed by atoms with Gasteiger partial charge in [-0.05, 0) is 56.0 Å². The fourth-order valence-electron chi connectivity index (χ4n) is 4.84. The summed E-state index contributed by atoms with van der Waals surface area (Å²) in [5, 5.41) is 6.14. The first-order valence-electron chi connectivity index (χ1n) is 12.7. The average molecular weight is 500 g/mol. The van der Waals surface area contributed by atoms with Gasteiger partial charge in [-0.25, -0.2) is 4.79 Å². The molecule has 1 aliphatic heterocycles. The van der Waals surface area contributed by atoms with E-state index >= 15 is 0 Å². The summed E-state index contributed by atoms with van der Waals surface area (Å²) in [6.07, 6.45) is 5.36. The first-order valence-corrected chi connectivity index (χ1v) is 12.7. The maximum Gasteiger partial charge on any atom is 0.408 e. The Balaban J connectivity index is 1.30. The topological polar surface area (TPSA) is 90.6 Å². The second kappa shape index (κ2) is 10.1. The number of nitrogens with one attached hydrogen (secondary N) is 2. The van der Waals surface area contributed by atoms with E-state index in [-0.39, 0.29) is 5.91 Å². The van der Waals surface area contributed by atoms with Gasteiger partial charge in [-0.2, -0.15) is 0 Å². The number of H-pyrrole nitrogens is 1. The molecule has 1 saturated heterocycles. The monoisotopic (exact) mass is 499 g/mol. The zero-order valence-electron chi connectivity index (χ0n) is 21.5. The molecule has 1 fully saturated rings. The summed E-state index contributed by atoms with van der Waals surface area (Å²) in [6.45, 7) is 8.02. The van der Waals surface area contributed by atoms with Gasteiger partial charge >= 0.3 is 6.09 Å². The molecule has 192 valence electrons. The van der Waals surface area contributed by atoms with Crippen LogP contribution >= 0.6 is 0 Å². The number of anilines is 1. The minimum absolute atomic E-state index is 0.0969. The van der Waals surface area contributed by atoms with Crippen molar-refractivity contribution in [3.8, 4) is 0 Å². The third kappa shape index (κ3) is 5.69. The lowest BCUT2D eigenvalue weighted by Gasteiger charge is -2.38. The lowest BCUT2D eigenvalue weighted by Crippen LogP contribution is -2.56. The molecule has 0 saturated carbocycles. The van der Waals surface area contributed by atoms with Crippen molar-refractivity contribution in [1.29, 1.82) is 0 Å². The van der Waals surface area contributed by atoms with Crippen LogP contribution in [0.5, 0.6) is 0 Å². The zero-order chi connectivity index (χ0) is 26.0. The van der Waals surface area contributed by atoms with Crippen LogP contribution in [0.1, 0.15) is 26.3 Å². The quantitative estimate of drug-likeness (QED) is 0.422. The van der Waals surface area contributed by atoms with Crippen LogP contribution < -0.4 is 10.2 Å². The van der Waals surface area contributed by atoms with E-state index in [9.17, 15) is 9.59 Å². The van der Waals surface area contributed by atoms with Gasteiger partial charge in [-0.1, -0.05) is 24.3 Å². The summed E-state index contributed by atoms with van der Waals surface area (Å²) in [4.78, 5) is 38.0. The SMILES string of the molecule is CC(C)(C)OC(=O)N[C@H](Cc1c[nH]c2ccccc12)C(=O)N1CCN(c2ccc3cnccc3c2)CC1. The number of aromatic nitrogens is 2. The van der Waals surface area contributed by atoms with E-state index in [1.54, 1.807) is 6.20 Å². The normalized spacial score (nSPS) is 15.1. The number of ether oxygens (including phenoxy) is 1. The van der Waals surface area contributed by atoms with Crippen molar-refractivity contribution >= 4 is 39.4 Å². The van der Waals surface area contributed by atoms with E-state index in [0.717, 1.165) is 32.9 Å². The molecule has 8 nitrogen and oxygen atoms in total. The number of fused-ring (bicyclic) bond motifs is 2. The molecular formula is C29H33N5O3. The van der Waals surface area contributed by atoms with Crippen LogP contribution in [0.15, 0.2) is 67.1 Å². The zero-order valence-corrected chi connectivity index (χ0v) is 21.5. The molecule has 1 atom stereocenters. The molecule has 4 aromatic rings. The highest BCUT2D eigenvalue weighted by Crippen LogP contribution is 2.24. The molecule has 2 amide bonds. The molecule has 0 unspecified atom stereocenters. The van der Waals surface area contributed by atoms with Crippen molar-refractivity contribution in [2.45, 2.75) is 38.8 Å². The average Bonchev–Trinajstić information content (AvgIpc) is 3.29. The molecule has 0 spiro atoms. The van der Waals surface area contributed by atoms with Crippen molar-refractivity contribution < 1.29 is 14.3 Å². The third-order valence-electron chi connectivity index (χ3n) is 6.67. The molecule has 0 radical (unpaired) electrons. The van der Waals surface area contributed by atoms with Gasteiger partial charge in [0.1, 0.15) is 11.6 Å². The largest absolute Gasteiger partial charge is 0.444 e. The van der Waals surface area contributed by atoms with Gasteiger partial charge in [0, 0.05) is 73.2 Å². The first-order chi connectivity index (χ1) is 17.8. The van der Waals surface area contributed by atoms with Crippen LogP contribution in [-0.2, 0) is 16.0 Å². The number of hydrogen-bond donors (Lipinski definition) is 2. The molecule has 2 aromatic carbocycles. The minimum Gasteiger partial charge on any atom is -0.444 e. The third-order valence-corrected chi connectivity index (χ3v) is 6.67. The number of nitrogens with zero attached hydrogens (tertiary/aromatic N) is 3. The van der Waals surface area contributed by atoms with Crippen LogP contribution in [0.25, 0.3) is 21.7 Å². The van der Waals surface area contributed by atoms with Crippen molar-refractivity contribution in [3.05, 3.63) is 72.7 Å². The van der Waals surface area contributed by atoms with E-state index in [4.69, 9.17) is 4.74 Å². The molecule has 8 heteroatoms. The summed E-state index contributed by atoms with van der Waals surface area (Å²) in [6, 6.07) is 15.6. The maximum atomic E-state index is 13.7. The van der Waals surface area contributed by atoms with Gasteiger partial charge in [-0.15, -0.1) is 0 Å². The van der Waals surface area contributed by atoms with Crippen molar-refractivity contribution in [3.63, 3.8) is 0 Å². The predicted octanol–water partition coefficient (Wildman–Crippen LogP) is 4.50. The molecular weight excluding hydrogens is 466 g/mol. The molecule has 3 heterocycles. The molecule has 5 rings (SSSR count). The molecule has 2 N–H and O–H groups in total. The predicted molar refractivity (Wildman–Crippen MR) is 146 cm³/mol. The smallest absolute Gasteiger partial charge is 0.408 e. The molecule has 1 aliphatic rings. The number of pyridine rings is 1. The number of rotatable bonds is 5. The Kier molecular flexibility index (Phi) is 6.74. The van der Waals surface area contributed by atoms with E-state index in [1.807, 2.05) is 68.4 Å². The number of carbonyl (C=O) groups is 2. The van der Waals surface area contributed by atoms with Gasteiger partial charge in [0.05, 0.1) is 0 Å². The number of aromatic amines is 1. The highest BCUT2D eigenvalue weighted by atomic mass is 16.6. The summed E-state index contributed by atoms with van der Waals surface area (Å²) in [7, 11) is 0. The Morgan fingerprint density at radius 2 is 1.84 bits per heavy atom. The Labute approximate surface area is 216 Å². The first kappa shape index (κ1) is 24.6. The number of alkyl carbamates (subject to hydrolysis) is 1. The van der Waals surface area contributed by atoms with E-state index in [2.05, 4.69) is 38.4 Å². The standard InChI is InChI=1S/C29H33N5O3/c1-29(2,3)37-28(36)32-26(17-22-19-31-25-7-5-4-6-24(22)25)27(35)34-14-12-33(13-15-34)23-9-8-21-18-30-11-10-20(21)16-23/h4-11,16,18-19,26,31H,12-15,17H2,1-3H3,(H,32,36)/t26-/m1/s1. The maximum absolute atomic E-state index is 13.7. The van der Waals surface area contributed by atoms with Crippen LogP contribution in [0.4, 0.5) is 10.5 Å². The van der Waals surface area contributed by atoms with Crippen LogP contribution in [-0.4, -0.2) is 64.7 Å². The molecule has 0 aliphatic carbocycles. The van der Waals surface area contributed by atoms with Gasteiger partial charge in [0.25, 0.3) is 0 Å². The van der Waals surface area contributed by atoms with E-state index < -0.39 is 17.7 Å². The van der Waals surface area contributed by atoms with E-state index in [1.165, 1.54) is 0 Å². The fourth-order valence-corrected chi connectivity index (χ4v) is 4.84. The van der Waals surface area contributed by atoms with Gasteiger partial charge in [0.2, 0.25) is 5.91 Å². The lowest BCUT2D eigenvalue weighted by atomic mass is 10.0. The van der Waals surface area contributed by atoms with Crippen molar-refractivity contribution in [2.24, 2.45) is 0 Å². The highest BCUT2D eigenvalue weighted by molar-refractivity contribution is 5.89. The Hall–Kier alpha value is -4.07. The highest BCUT2D eigenvalue weighted by Gasteiger charge is 2.31. The van der Waals surface area contributed by atoms with Crippen LogP contribution in [0.2, 0.25) is 0 Å². The Bertz CT molecular complexity index is 1420. The molecule has 0 bridgehead atoms. The van der Waals surface area contributed by atoms with Gasteiger partial charge in [0.15, 0.2) is 0 Å². The van der Waals surface area contributed by atoms with Crippen molar-refractivity contribution in [1.82, 2.24) is 20.2 Å². The lowest BCUT2D eigenvalue weighted by molar-refractivity contribution is -0.133. The summed E-state index contributed by atoms with van der Waals surface area (Å²) in [5.41, 5.74) is 2.46. The number of para-hydroxylation sites is 1.